The first-order chi connectivity index (χ1) is 9.46. The third-order valence-electron chi connectivity index (χ3n) is 2.62. The van der Waals surface area contributed by atoms with Gasteiger partial charge in [-0.3, -0.25) is 9.59 Å². The van der Waals surface area contributed by atoms with Gasteiger partial charge in [0.25, 0.3) is 0 Å². The summed E-state index contributed by atoms with van der Waals surface area (Å²) >= 11 is 0. The van der Waals surface area contributed by atoms with Gasteiger partial charge in [-0.15, -0.1) is 0 Å². The van der Waals surface area contributed by atoms with Crippen LogP contribution < -0.4 is 14.2 Å². The first-order valence-electron chi connectivity index (χ1n) is 6.07. The Morgan fingerprint density at radius 2 is 1.80 bits per heavy atom. The van der Waals surface area contributed by atoms with E-state index in [1.54, 1.807) is 13.8 Å². The number of carbonyl (C=O) groups excluding carboxylic acids is 2. The Morgan fingerprint density at radius 1 is 1.15 bits per heavy atom. The van der Waals surface area contributed by atoms with Crippen LogP contribution >= 0.6 is 0 Å². The number of hydrogen-bond donors (Lipinski definition) is 1. The van der Waals surface area contributed by atoms with Gasteiger partial charge >= 0.3 is 5.97 Å². The lowest BCUT2D eigenvalue weighted by Crippen LogP contribution is -2.17. The second kappa shape index (κ2) is 6.91. The molecule has 1 aromatic carbocycles. The summed E-state index contributed by atoms with van der Waals surface area (Å²) in [7, 11) is 2.75. The fourth-order valence-electron chi connectivity index (χ4n) is 1.53. The zero-order valence-corrected chi connectivity index (χ0v) is 11.9. The summed E-state index contributed by atoms with van der Waals surface area (Å²) in [6.45, 7) is 2.70. The standard InChI is InChI=1S/C14H18O6/c1-8(2)14(17)20-13-11(18-3)6-5-9(10(16)7-15)12(13)19-4/h5-6,8,15H,7H2,1-4H3. The van der Waals surface area contributed by atoms with Crippen LogP contribution in [0.3, 0.4) is 0 Å². The number of ether oxygens (including phenoxy) is 3. The minimum absolute atomic E-state index is 0.0352. The molecule has 20 heavy (non-hydrogen) atoms. The van der Waals surface area contributed by atoms with E-state index in [1.165, 1.54) is 26.4 Å². The van der Waals surface area contributed by atoms with Crippen LogP contribution in [0.4, 0.5) is 0 Å². The van der Waals surface area contributed by atoms with Crippen molar-refractivity contribution in [3.8, 4) is 17.2 Å². The molecule has 110 valence electrons. The Kier molecular flexibility index (Phi) is 5.52. The molecule has 1 aromatic rings. The lowest BCUT2D eigenvalue weighted by Gasteiger charge is -2.16. The molecule has 1 rings (SSSR count). The quantitative estimate of drug-likeness (QED) is 0.483. The fraction of sp³-hybridized carbons (Fsp3) is 0.429. The highest BCUT2D eigenvalue weighted by Gasteiger charge is 2.23. The van der Waals surface area contributed by atoms with Crippen LogP contribution in [-0.4, -0.2) is 37.7 Å². The highest BCUT2D eigenvalue weighted by molar-refractivity contribution is 6.01. The summed E-state index contributed by atoms with van der Waals surface area (Å²) in [5.41, 5.74) is 0.127. The number of aliphatic hydroxyl groups is 1. The fourth-order valence-corrected chi connectivity index (χ4v) is 1.53. The Hall–Kier alpha value is -2.08. The maximum Gasteiger partial charge on any atom is 0.314 e. The Balaban J connectivity index is 3.36. The van der Waals surface area contributed by atoms with Crippen LogP contribution in [0.1, 0.15) is 24.2 Å². The molecule has 0 fully saturated rings. The monoisotopic (exact) mass is 282 g/mol. The van der Waals surface area contributed by atoms with Gasteiger partial charge in [-0.05, 0) is 12.1 Å². The van der Waals surface area contributed by atoms with Crippen molar-refractivity contribution in [3.63, 3.8) is 0 Å². The summed E-state index contributed by atoms with van der Waals surface area (Å²) in [6.07, 6.45) is 0. The highest BCUT2D eigenvalue weighted by atomic mass is 16.6. The predicted octanol–water partition coefficient (Wildman–Crippen LogP) is 1.44. The van der Waals surface area contributed by atoms with E-state index in [0.717, 1.165) is 0 Å². The third-order valence-corrected chi connectivity index (χ3v) is 2.62. The van der Waals surface area contributed by atoms with E-state index in [1.807, 2.05) is 0 Å². The number of hydrogen-bond acceptors (Lipinski definition) is 6. The minimum Gasteiger partial charge on any atom is -0.493 e. The number of esters is 1. The molecule has 0 aliphatic heterocycles. The molecule has 0 amide bonds. The summed E-state index contributed by atoms with van der Waals surface area (Å²) in [5, 5.41) is 8.95. The van der Waals surface area contributed by atoms with Crippen LogP contribution in [-0.2, 0) is 4.79 Å². The van der Waals surface area contributed by atoms with E-state index in [-0.39, 0.29) is 28.7 Å². The lowest BCUT2D eigenvalue weighted by molar-refractivity contribution is -0.138. The molecule has 0 saturated heterocycles. The molecule has 0 heterocycles. The van der Waals surface area contributed by atoms with Crippen molar-refractivity contribution in [1.29, 1.82) is 0 Å². The molecule has 0 radical (unpaired) electrons. The second-order valence-electron chi connectivity index (χ2n) is 4.33. The second-order valence-corrected chi connectivity index (χ2v) is 4.33. The van der Waals surface area contributed by atoms with E-state index >= 15 is 0 Å². The van der Waals surface area contributed by atoms with Crippen LogP contribution in [0.15, 0.2) is 12.1 Å². The highest BCUT2D eigenvalue weighted by Crippen LogP contribution is 2.40. The molecular weight excluding hydrogens is 264 g/mol. The van der Waals surface area contributed by atoms with Gasteiger partial charge in [0, 0.05) is 0 Å². The van der Waals surface area contributed by atoms with Gasteiger partial charge < -0.3 is 19.3 Å². The lowest BCUT2D eigenvalue weighted by atomic mass is 10.1. The smallest absolute Gasteiger partial charge is 0.314 e. The average Bonchev–Trinajstić information content (AvgIpc) is 2.45. The summed E-state index contributed by atoms with van der Waals surface area (Å²) in [6, 6.07) is 2.93. The SMILES string of the molecule is COc1ccc(C(=O)CO)c(OC)c1OC(=O)C(C)C. The van der Waals surface area contributed by atoms with Crippen molar-refractivity contribution in [3.05, 3.63) is 17.7 Å². The predicted molar refractivity (Wildman–Crippen MR) is 71.4 cm³/mol. The van der Waals surface area contributed by atoms with Crippen molar-refractivity contribution in [2.24, 2.45) is 5.92 Å². The Morgan fingerprint density at radius 3 is 2.25 bits per heavy atom. The maximum atomic E-state index is 11.7. The van der Waals surface area contributed by atoms with E-state index in [9.17, 15) is 9.59 Å². The number of Topliss-reactive ketones (excluding diaryl/α,β-unsaturated/α-hetero) is 1. The molecule has 1 N–H and O–H groups in total. The van der Waals surface area contributed by atoms with Gasteiger partial charge in [-0.2, -0.15) is 0 Å². The molecule has 0 aliphatic carbocycles. The van der Waals surface area contributed by atoms with Crippen molar-refractivity contribution >= 4 is 11.8 Å². The van der Waals surface area contributed by atoms with Gasteiger partial charge in [0.05, 0.1) is 25.7 Å². The molecule has 0 aliphatic rings. The number of benzene rings is 1. The Bertz CT molecular complexity index is 507. The normalized spacial score (nSPS) is 10.3. The van der Waals surface area contributed by atoms with Crippen LogP contribution in [0.5, 0.6) is 17.2 Å². The van der Waals surface area contributed by atoms with Gasteiger partial charge in [0.2, 0.25) is 5.75 Å². The first kappa shape index (κ1) is 16.0. The minimum atomic E-state index is -0.666. The van der Waals surface area contributed by atoms with Gasteiger partial charge in [0.1, 0.15) is 6.61 Å². The summed E-state index contributed by atoms with van der Waals surface area (Å²) < 4.78 is 15.5. The zero-order valence-electron chi connectivity index (χ0n) is 11.9. The number of rotatable bonds is 6. The van der Waals surface area contributed by atoms with Crippen molar-refractivity contribution in [2.75, 3.05) is 20.8 Å². The van der Waals surface area contributed by atoms with Crippen LogP contribution in [0.2, 0.25) is 0 Å². The zero-order chi connectivity index (χ0) is 15.3. The molecule has 0 atom stereocenters. The maximum absolute atomic E-state index is 11.7. The van der Waals surface area contributed by atoms with Crippen molar-refractivity contribution in [1.82, 2.24) is 0 Å². The van der Waals surface area contributed by atoms with E-state index in [4.69, 9.17) is 19.3 Å². The largest absolute Gasteiger partial charge is 0.493 e. The van der Waals surface area contributed by atoms with Gasteiger partial charge in [-0.1, -0.05) is 13.8 Å². The molecule has 0 bridgehead atoms. The first-order valence-corrected chi connectivity index (χ1v) is 6.07. The van der Waals surface area contributed by atoms with Crippen molar-refractivity contribution in [2.45, 2.75) is 13.8 Å². The molecule has 0 aromatic heterocycles. The molecule has 0 spiro atoms. The van der Waals surface area contributed by atoms with E-state index in [2.05, 4.69) is 0 Å². The number of aliphatic hydroxyl groups excluding tert-OH is 1. The van der Waals surface area contributed by atoms with Gasteiger partial charge in [0.15, 0.2) is 17.3 Å². The van der Waals surface area contributed by atoms with Crippen LogP contribution in [0, 0.1) is 5.92 Å². The van der Waals surface area contributed by atoms with Crippen molar-refractivity contribution < 1.29 is 28.9 Å². The van der Waals surface area contributed by atoms with E-state index < -0.39 is 18.4 Å². The summed E-state index contributed by atoms with van der Waals surface area (Å²) in [5.74, 6) is -0.987. The van der Waals surface area contributed by atoms with Crippen LogP contribution in [0.25, 0.3) is 0 Å². The molecule has 0 unspecified atom stereocenters. The molecule has 6 heteroatoms. The number of methoxy groups -OCH3 is 2. The molecule has 0 saturated carbocycles. The average molecular weight is 282 g/mol. The molecular formula is C14H18O6. The Labute approximate surface area is 117 Å². The van der Waals surface area contributed by atoms with Gasteiger partial charge in [-0.25, -0.2) is 0 Å². The third kappa shape index (κ3) is 3.27. The summed E-state index contributed by atoms with van der Waals surface area (Å²) in [4.78, 5) is 23.4. The molecule has 6 nitrogen and oxygen atoms in total. The number of ketones is 1. The number of carbonyl (C=O) groups is 2. The van der Waals surface area contributed by atoms with E-state index in [0.29, 0.717) is 0 Å². The topological polar surface area (TPSA) is 82.1 Å².